The Morgan fingerprint density at radius 1 is 1.20 bits per heavy atom. The molecule has 0 bridgehead atoms. The van der Waals surface area contributed by atoms with Crippen molar-refractivity contribution in [1.82, 2.24) is 5.32 Å². The van der Waals surface area contributed by atoms with E-state index in [1.54, 1.807) is 6.07 Å². The van der Waals surface area contributed by atoms with Gasteiger partial charge >= 0.3 is 0 Å². The Labute approximate surface area is 102 Å². The molecular formula is C11H14F2IN. The molecule has 15 heavy (non-hydrogen) atoms. The van der Waals surface area contributed by atoms with Crippen molar-refractivity contribution in [1.29, 1.82) is 0 Å². The third-order valence-corrected chi connectivity index (χ3v) is 2.85. The third-order valence-electron chi connectivity index (χ3n) is 2.08. The van der Waals surface area contributed by atoms with Gasteiger partial charge in [0.1, 0.15) is 0 Å². The van der Waals surface area contributed by atoms with Crippen molar-refractivity contribution in [2.24, 2.45) is 0 Å². The third kappa shape index (κ3) is 4.42. The average Bonchev–Trinajstić information content (AvgIpc) is 2.24. The molecule has 0 saturated carbocycles. The number of hydrogen-bond donors (Lipinski definition) is 1. The Balaban J connectivity index is 2.34. The van der Waals surface area contributed by atoms with E-state index < -0.39 is 11.6 Å². The molecule has 1 nitrogen and oxygen atoms in total. The van der Waals surface area contributed by atoms with Crippen molar-refractivity contribution in [2.75, 3.05) is 11.0 Å². The number of nitrogens with one attached hydrogen (secondary N) is 1. The summed E-state index contributed by atoms with van der Waals surface area (Å²) in [5, 5.41) is 3.09. The Bertz CT molecular complexity index is 305. The molecule has 0 aliphatic carbocycles. The number of hydrogen-bond acceptors (Lipinski definition) is 1. The first kappa shape index (κ1) is 12.8. The standard InChI is InChI=1S/C11H14F2IN/c12-10-5-3-4-9(11(10)13)8-15-7-2-1-6-14/h3-5,15H,1-2,6-8H2. The molecule has 0 fully saturated rings. The highest BCUT2D eigenvalue weighted by Gasteiger charge is 2.05. The van der Waals surface area contributed by atoms with Crippen LogP contribution < -0.4 is 5.32 Å². The minimum atomic E-state index is -0.776. The highest BCUT2D eigenvalue weighted by Crippen LogP contribution is 2.10. The molecule has 0 radical (unpaired) electrons. The van der Waals surface area contributed by atoms with E-state index in [2.05, 4.69) is 27.9 Å². The van der Waals surface area contributed by atoms with Gasteiger partial charge in [-0.15, -0.1) is 0 Å². The smallest absolute Gasteiger partial charge is 0.163 e. The van der Waals surface area contributed by atoms with Crippen LogP contribution in [0, 0.1) is 11.6 Å². The molecule has 0 aliphatic rings. The van der Waals surface area contributed by atoms with Crippen LogP contribution in [0.2, 0.25) is 0 Å². The minimum Gasteiger partial charge on any atom is -0.313 e. The molecule has 1 aromatic rings. The number of benzene rings is 1. The van der Waals surface area contributed by atoms with Crippen molar-refractivity contribution in [3.8, 4) is 0 Å². The van der Waals surface area contributed by atoms with Crippen LogP contribution in [0.15, 0.2) is 18.2 Å². The Hall–Kier alpha value is -0.230. The van der Waals surface area contributed by atoms with Crippen LogP contribution in [0.1, 0.15) is 18.4 Å². The Morgan fingerprint density at radius 3 is 2.73 bits per heavy atom. The van der Waals surface area contributed by atoms with Crippen LogP contribution in [0.4, 0.5) is 8.78 Å². The zero-order valence-corrected chi connectivity index (χ0v) is 10.6. The molecule has 1 aromatic carbocycles. The molecule has 1 N–H and O–H groups in total. The lowest BCUT2D eigenvalue weighted by Crippen LogP contribution is -2.16. The van der Waals surface area contributed by atoms with Gasteiger partial charge < -0.3 is 5.32 Å². The number of rotatable bonds is 6. The zero-order chi connectivity index (χ0) is 11.1. The highest BCUT2D eigenvalue weighted by atomic mass is 127. The van der Waals surface area contributed by atoms with Crippen LogP contribution in [0.25, 0.3) is 0 Å². The molecule has 0 spiro atoms. The zero-order valence-electron chi connectivity index (χ0n) is 8.40. The summed E-state index contributed by atoms with van der Waals surface area (Å²) in [6.07, 6.45) is 2.22. The molecule has 0 saturated heterocycles. The monoisotopic (exact) mass is 325 g/mol. The summed E-state index contributed by atoms with van der Waals surface area (Å²) in [6, 6.07) is 4.26. The van der Waals surface area contributed by atoms with E-state index in [0.717, 1.165) is 29.9 Å². The molecule has 84 valence electrons. The number of unbranched alkanes of at least 4 members (excludes halogenated alkanes) is 1. The summed E-state index contributed by atoms with van der Waals surface area (Å²) >= 11 is 2.32. The quantitative estimate of drug-likeness (QED) is 0.481. The largest absolute Gasteiger partial charge is 0.313 e. The van der Waals surface area contributed by atoms with Gasteiger partial charge in [-0.2, -0.15) is 0 Å². The fraction of sp³-hybridized carbons (Fsp3) is 0.455. The molecule has 0 heterocycles. The fourth-order valence-corrected chi connectivity index (χ4v) is 1.79. The maximum atomic E-state index is 13.2. The van der Waals surface area contributed by atoms with Gasteiger partial charge in [0.15, 0.2) is 11.6 Å². The second-order valence-electron chi connectivity index (χ2n) is 3.29. The van der Waals surface area contributed by atoms with E-state index >= 15 is 0 Å². The molecule has 1 rings (SSSR count). The SMILES string of the molecule is Fc1cccc(CNCCCCI)c1F. The first-order valence-corrected chi connectivity index (χ1v) is 6.48. The lowest BCUT2D eigenvalue weighted by atomic mass is 10.2. The van der Waals surface area contributed by atoms with Gasteiger partial charge in [-0.1, -0.05) is 34.7 Å². The normalized spacial score (nSPS) is 10.6. The van der Waals surface area contributed by atoms with Gasteiger partial charge in [-0.25, -0.2) is 8.78 Å². The van der Waals surface area contributed by atoms with Crippen molar-refractivity contribution < 1.29 is 8.78 Å². The highest BCUT2D eigenvalue weighted by molar-refractivity contribution is 14.1. The van der Waals surface area contributed by atoms with Gasteiger partial charge in [0.25, 0.3) is 0 Å². The second kappa shape index (κ2) is 7.11. The number of alkyl halides is 1. The summed E-state index contributed by atoms with van der Waals surface area (Å²) in [6.45, 7) is 1.24. The molecule has 0 aromatic heterocycles. The average molecular weight is 325 g/mol. The Morgan fingerprint density at radius 2 is 2.00 bits per heavy atom. The first-order chi connectivity index (χ1) is 7.25. The first-order valence-electron chi connectivity index (χ1n) is 4.95. The van der Waals surface area contributed by atoms with E-state index in [4.69, 9.17) is 0 Å². The van der Waals surface area contributed by atoms with Crippen molar-refractivity contribution >= 4 is 22.6 Å². The summed E-state index contributed by atoms with van der Waals surface area (Å²) in [4.78, 5) is 0. The lowest BCUT2D eigenvalue weighted by molar-refractivity contribution is 0.492. The fourth-order valence-electron chi connectivity index (χ4n) is 1.25. The van der Waals surface area contributed by atoms with Gasteiger partial charge in [-0.05, 0) is 29.9 Å². The summed E-state index contributed by atoms with van der Waals surface area (Å²) < 4.78 is 27.1. The summed E-state index contributed by atoms with van der Waals surface area (Å²) in [7, 11) is 0. The van der Waals surface area contributed by atoms with Crippen LogP contribution >= 0.6 is 22.6 Å². The van der Waals surface area contributed by atoms with E-state index in [0.29, 0.717) is 12.1 Å². The van der Waals surface area contributed by atoms with Gasteiger partial charge in [0.05, 0.1) is 0 Å². The summed E-state index contributed by atoms with van der Waals surface area (Å²) in [5.41, 5.74) is 0.393. The van der Waals surface area contributed by atoms with Gasteiger partial charge in [0, 0.05) is 12.1 Å². The maximum Gasteiger partial charge on any atom is 0.163 e. The summed E-state index contributed by atoms with van der Waals surface area (Å²) in [5.74, 6) is -1.51. The number of halogens is 3. The van der Waals surface area contributed by atoms with Crippen LogP contribution in [0.3, 0.4) is 0 Å². The van der Waals surface area contributed by atoms with E-state index in [-0.39, 0.29) is 0 Å². The second-order valence-corrected chi connectivity index (χ2v) is 4.36. The molecule has 4 heteroatoms. The van der Waals surface area contributed by atoms with Crippen LogP contribution in [-0.4, -0.2) is 11.0 Å². The van der Waals surface area contributed by atoms with Crippen LogP contribution in [0.5, 0.6) is 0 Å². The van der Waals surface area contributed by atoms with E-state index in [1.165, 1.54) is 6.07 Å². The minimum absolute atomic E-state index is 0.393. The predicted molar refractivity (Wildman–Crippen MR) is 66.2 cm³/mol. The van der Waals surface area contributed by atoms with E-state index in [1.807, 2.05) is 0 Å². The van der Waals surface area contributed by atoms with Crippen molar-refractivity contribution in [3.05, 3.63) is 35.4 Å². The Kier molecular flexibility index (Phi) is 6.09. The van der Waals surface area contributed by atoms with Crippen molar-refractivity contribution in [3.63, 3.8) is 0 Å². The molecule has 0 unspecified atom stereocenters. The van der Waals surface area contributed by atoms with Gasteiger partial charge in [-0.3, -0.25) is 0 Å². The molecule has 0 amide bonds. The molecule has 0 aliphatic heterocycles. The topological polar surface area (TPSA) is 12.0 Å². The molecule has 0 atom stereocenters. The van der Waals surface area contributed by atoms with Gasteiger partial charge in [0.2, 0.25) is 0 Å². The molecular weight excluding hydrogens is 311 g/mol. The predicted octanol–water partition coefficient (Wildman–Crippen LogP) is 3.27. The maximum absolute atomic E-state index is 13.2. The lowest BCUT2D eigenvalue weighted by Gasteiger charge is -2.05. The van der Waals surface area contributed by atoms with Crippen molar-refractivity contribution in [2.45, 2.75) is 19.4 Å². The van der Waals surface area contributed by atoms with E-state index in [9.17, 15) is 8.78 Å². The van der Waals surface area contributed by atoms with Crippen LogP contribution in [-0.2, 0) is 6.54 Å².